The number of imidazole rings is 1. The fourth-order valence-corrected chi connectivity index (χ4v) is 1.35. The molecule has 0 radical (unpaired) electrons. The largest absolute Gasteiger partial charge is 0.344 e. The van der Waals surface area contributed by atoms with Crippen molar-refractivity contribution >= 4 is 6.21 Å². The molecule has 3 heteroatoms. The van der Waals surface area contributed by atoms with E-state index in [0.717, 1.165) is 5.82 Å². The van der Waals surface area contributed by atoms with Gasteiger partial charge >= 0.3 is 0 Å². The van der Waals surface area contributed by atoms with Gasteiger partial charge in [0.1, 0.15) is 5.82 Å². The number of hydrogen-bond donors (Lipinski definition) is 1. The van der Waals surface area contributed by atoms with E-state index in [-0.39, 0.29) is 6.04 Å². The highest BCUT2D eigenvalue weighted by molar-refractivity contribution is 5.74. The third kappa shape index (κ3) is 2.53. The van der Waals surface area contributed by atoms with Crippen LogP contribution in [0.5, 0.6) is 0 Å². The Morgan fingerprint density at radius 3 is 2.80 bits per heavy atom. The van der Waals surface area contributed by atoms with Crippen LogP contribution in [0.2, 0.25) is 0 Å². The van der Waals surface area contributed by atoms with E-state index in [1.165, 1.54) is 5.56 Å². The summed E-state index contributed by atoms with van der Waals surface area (Å²) in [6, 6.07) is 10.4. The van der Waals surface area contributed by atoms with Crippen LogP contribution in [0.25, 0.3) is 0 Å². The van der Waals surface area contributed by atoms with Gasteiger partial charge < -0.3 is 4.98 Å². The SMILES string of the molecule is C[C@H](N=Cc1ncc[nH]1)c1ccccc1. The lowest BCUT2D eigenvalue weighted by molar-refractivity contribution is 0.824. The maximum absolute atomic E-state index is 4.42. The van der Waals surface area contributed by atoms with E-state index in [0.29, 0.717) is 0 Å². The Bertz CT molecular complexity index is 417. The number of aromatic nitrogens is 2. The van der Waals surface area contributed by atoms with Gasteiger partial charge in [0.25, 0.3) is 0 Å². The Hall–Kier alpha value is -1.90. The van der Waals surface area contributed by atoms with Crippen molar-refractivity contribution in [3.05, 3.63) is 54.1 Å². The molecule has 0 saturated carbocycles. The van der Waals surface area contributed by atoms with Crippen LogP contribution >= 0.6 is 0 Å². The van der Waals surface area contributed by atoms with Gasteiger partial charge in [0.15, 0.2) is 0 Å². The van der Waals surface area contributed by atoms with Crippen LogP contribution in [0.1, 0.15) is 24.4 Å². The van der Waals surface area contributed by atoms with Crippen LogP contribution in [0.4, 0.5) is 0 Å². The normalized spacial score (nSPS) is 13.1. The Morgan fingerprint density at radius 2 is 2.13 bits per heavy atom. The molecule has 2 aromatic rings. The molecule has 1 heterocycles. The average Bonchev–Trinajstić information content (AvgIpc) is 2.80. The summed E-state index contributed by atoms with van der Waals surface area (Å²) in [5.41, 5.74) is 1.21. The van der Waals surface area contributed by atoms with Gasteiger partial charge in [-0.3, -0.25) is 4.99 Å². The van der Waals surface area contributed by atoms with E-state index < -0.39 is 0 Å². The molecular formula is C12H13N3. The molecule has 76 valence electrons. The maximum atomic E-state index is 4.42. The predicted molar refractivity (Wildman–Crippen MR) is 61.0 cm³/mol. The standard InChI is InChI=1S/C12H13N3/c1-10(11-5-3-2-4-6-11)15-9-12-13-7-8-14-12/h2-10H,1H3,(H,13,14)/t10-/m0/s1. The first-order valence-corrected chi connectivity index (χ1v) is 4.94. The van der Waals surface area contributed by atoms with Gasteiger partial charge in [0, 0.05) is 12.4 Å². The van der Waals surface area contributed by atoms with Gasteiger partial charge in [-0.1, -0.05) is 30.3 Å². The fourth-order valence-electron chi connectivity index (χ4n) is 1.35. The molecule has 0 amide bonds. The Balaban J connectivity index is 2.07. The Morgan fingerprint density at radius 1 is 1.33 bits per heavy atom. The van der Waals surface area contributed by atoms with Crippen LogP contribution in [-0.2, 0) is 0 Å². The van der Waals surface area contributed by atoms with Crippen molar-refractivity contribution < 1.29 is 0 Å². The van der Waals surface area contributed by atoms with Gasteiger partial charge in [-0.15, -0.1) is 0 Å². The average molecular weight is 199 g/mol. The first-order chi connectivity index (χ1) is 7.36. The third-order valence-electron chi connectivity index (χ3n) is 2.22. The molecule has 0 unspecified atom stereocenters. The van der Waals surface area contributed by atoms with E-state index >= 15 is 0 Å². The molecule has 1 aromatic heterocycles. The third-order valence-corrected chi connectivity index (χ3v) is 2.22. The van der Waals surface area contributed by atoms with Gasteiger partial charge in [0.2, 0.25) is 0 Å². The molecular weight excluding hydrogens is 186 g/mol. The van der Waals surface area contributed by atoms with Crippen molar-refractivity contribution in [2.24, 2.45) is 4.99 Å². The lowest BCUT2D eigenvalue weighted by atomic mass is 10.1. The topological polar surface area (TPSA) is 41.0 Å². The molecule has 3 nitrogen and oxygen atoms in total. The minimum atomic E-state index is 0.163. The second-order valence-electron chi connectivity index (χ2n) is 3.34. The van der Waals surface area contributed by atoms with Gasteiger partial charge in [-0.05, 0) is 12.5 Å². The molecule has 1 atom stereocenters. The Labute approximate surface area is 88.9 Å². The van der Waals surface area contributed by atoms with Crippen LogP contribution in [0.15, 0.2) is 47.7 Å². The Kier molecular flexibility index (Phi) is 2.93. The van der Waals surface area contributed by atoms with Crippen molar-refractivity contribution in [1.29, 1.82) is 0 Å². The number of aromatic amines is 1. The summed E-state index contributed by atoms with van der Waals surface area (Å²) in [4.78, 5) is 11.5. The van der Waals surface area contributed by atoms with Crippen LogP contribution < -0.4 is 0 Å². The van der Waals surface area contributed by atoms with Crippen molar-refractivity contribution in [1.82, 2.24) is 9.97 Å². The second-order valence-corrected chi connectivity index (χ2v) is 3.34. The molecule has 0 saturated heterocycles. The number of rotatable bonds is 3. The number of aliphatic imine (C=N–C) groups is 1. The van der Waals surface area contributed by atoms with Crippen molar-refractivity contribution in [2.75, 3.05) is 0 Å². The lowest BCUT2D eigenvalue weighted by Crippen LogP contribution is -1.91. The zero-order valence-corrected chi connectivity index (χ0v) is 8.59. The number of hydrogen-bond acceptors (Lipinski definition) is 2. The molecule has 0 spiro atoms. The molecule has 2 rings (SSSR count). The predicted octanol–water partition coefficient (Wildman–Crippen LogP) is 2.59. The van der Waals surface area contributed by atoms with Crippen molar-refractivity contribution in [2.45, 2.75) is 13.0 Å². The highest BCUT2D eigenvalue weighted by Gasteiger charge is 2.00. The molecule has 0 aliphatic rings. The summed E-state index contributed by atoms with van der Waals surface area (Å²) in [6.07, 6.45) is 5.26. The van der Waals surface area contributed by atoms with Gasteiger partial charge in [0.05, 0.1) is 12.3 Å². The first kappa shape index (κ1) is 9.65. The molecule has 15 heavy (non-hydrogen) atoms. The number of H-pyrrole nitrogens is 1. The summed E-state index contributed by atoms with van der Waals surface area (Å²) in [6.45, 7) is 2.06. The second kappa shape index (κ2) is 4.55. The summed E-state index contributed by atoms with van der Waals surface area (Å²) in [7, 11) is 0. The number of benzene rings is 1. The number of nitrogens with zero attached hydrogens (tertiary/aromatic N) is 2. The maximum Gasteiger partial charge on any atom is 0.148 e. The smallest absolute Gasteiger partial charge is 0.148 e. The highest BCUT2D eigenvalue weighted by Crippen LogP contribution is 2.15. The minimum Gasteiger partial charge on any atom is -0.344 e. The van der Waals surface area contributed by atoms with Gasteiger partial charge in [-0.2, -0.15) is 0 Å². The van der Waals surface area contributed by atoms with E-state index in [1.807, 2.05) is 18.2 Å². The summed E-state index contributed by atoms with van der Waals surface area (Å²) in [5, 5.41) is 0. The number of nitrogens with one attached hydrogen (secondary N) is 1. The van der Waals surface area contributed by atoms with Crippen molar-refractivity contribution in [3.63, 3.8) is 0 Å². The van der Waals surface area contributed by atoms with Crippen LogP contribution in [-0.4, -0.2) is 16.2 Å². The summed E-state index contributed by atoms with van der Waals surface area (Å²) < 4.78 is 0. The monoisotopic (exact) mass is 199 g/mol. The minimum absolute atomic E-state index is 0.163. The van der Waals surface area contributed by atoms with Crippen LogP contribution in [0, 0.1) is 0 Å². The molecule has 0 bridgehead atoms. The molecule has 0 aliphatic carbocycles. The molecule has 1 N–H and O–H groups in total. The highest BCUT2D eigenvalue weighted by atomic mass is 14.9. The quantitative estimate of drug-likeness (QED) is 0.758. The van der Waals surface area contributed by atoms with Gasteiger partial charge in [-0.25, -0.2) is 4.98 Å². The first-order valence-electron chi connectivity index (χ1n) is 4.94. The van der Waals surface area contributed by atoms with Crippen molar-refractivity contribution in [3.8, 4) is 0 Å². The van der Waals surface area contributed by atoms with E-state index in [1.54, 1.807) is 18.6 Å². The lowest BCUT2D eigenvalue weighted by Gasteiger charge is -2.04. The molecule has 0 fully saturated rings. The van der Waals surface area contributed by atoms with Crippen LogP contribution in [0.3, 0.4) is 0 Å². The van der Waals surface area contributed by atoms with E-state index in [4.69, 9.17) is 0 Å². The zero-order valence-electron chi connectivity index (χ0n) is 8.59. The molecule has 0 aliphatic heterocycles. The summed E-state index contributed by atoms with van der Waals surface area (Å²) in [5.74, 6) is 0.790. The van der Waals surface area contributed by atoms with E-state index in [2.05, 4.69) is 34.0 Å². The summed E-state index contributed by atoms with van der Waals surface area (Å²) >= 11 is 0. The zero-order chi connectivity index (χ0) is 10.5. The fraction of sp³-hybridized carbons (Fsp3) is 0.167. The molecule has 1 aromatic carbocycles. The van der Waals surface area contributed by atoms with E-state index in [9.17, 15) is 0 Å².